The van der Waals surface area contributed by atoms with Gasteiger partial charge >= 0.3 is 5.97 Å². The van der Waals surface area contributed by atoms with Crippen molar-refractivity contribution in [3.8, 4) is 0 Å². The van der Waals surface area contributed by atoms with Gasteiger partial charge < -0.3 is 10.1 Å². The third-order valence-corrected chi connectivity index (χ3v) is 6.92. The first-order chi connectivity index (χ1) is 13.4. The maximum atomic E-state index is 12.5. The third-order valence-electron chi connectivity index (χ3n) is 5.01. The number of rotatable bonds is 4. The molecule has 8 heteroatoms. The molecule has 2 aliphatic rings. The van der Waals surface area contributed by atoms with Crippen molar-refractivity contribution in [3.05, 3.63) is 59.7 Å². The molecule has 2 aromatic carbocycles. The average Bonchev–Trinajstić information content (AvgIpc) is 3.24. The number of nitrogens with one attached hydrogen (secondary N) is 1. The number of esters is 1. The second-order valence-corrected chi connectivity index (χ2v) is 8.82. The number of carbonyl (C=O) groups excluding carboxylic acids is 2. The maximum absolute atomic E-state index is 12.5. The van der Waals surface area contributed by atoms with Gasteiger partial charge in [0.1, 0.15) is 0 Å². The first kappa shape index (κ1) is 18.6. The van der Waals surface area contributed by atoms with Crippen LogP contribution in [0, 0.1) is 0 Å². The van der Waals surface area contributed by atoms with Gasteiger partial charge in [0.15, 0.2) is 6.10 Å². The monoisotopic (exact) mass is 400 g/mol. The minimum absolute atomic E-state index is 0.199. The van der Waals surface area contributed by atoms with Crippen LogP contribution in [0.1, 0.15) is 28.8 Å². The van der Waals surface area contributed by atoms with Crippen LogP contribution in [0.5, 0.6) is 0 Å². The number of hydrogen-bond acceptors (Lipinski definition) is 5. The van der Waals surface area contributed by atoms with E-state index in [2.05, 4.69) is 5.32 Å². The molecular formula is C20H20N2O5S. The zero-order valence-electron chi connectivity index (χ0n) is 15.1. The standard InChI is InChI=1S/C20H20N2O5S/c23-19(18-13-14-5-1-2-6-17(14)20(24)27-18)21-15-7-9-16(10-8-15)28(25,26)22-11-3-4-12-22/h1-2,5-10,18H,3-4,11-13H2,(H,21,23)/t18-/m1/s1. The molecule has 0 spiro atoms. The fraction of sp³-hybridized carbons (Fsp3) is 0.300. The second kappa shape index (κ2) is 7.37. The van der Waals surface area contributed by atoms with Gasteiger partial charge in [0, 0.05) is 25.2 Å². The second-order valence-electron chi connectivity index (χ2n) is 6.88. The predicted molar refractivity (Wildman–Crippen MR) is 102 cm³/mol. The number of fused-ring (bicyclic) bond motifs is 1. The quantitative estimate of drug-likeness (QED) is 0.794. The van der Waals surface area contributed by atoms with Crippen molar-refractivity contribution < 1.29 is 22.7 Å². The summed E-state index contributed by atoms with van der Waals surface area (Å²) in [5, 5.41) is 2.69. The summed E-state index contributed by atoms with van der Waals surface area (Å²) in [6, 6.07) is 13.1. The lowest BCUT2D eigenvalue weighted by atomic mass is 9.98. The van der Waals surface area contributed by atoms with Gasteiger partial charge in [-0.05, 0) is 48.7 Å². The van der Waals surface area contributed by atoms with Crippen molar-refractivity contribution in [1.82, 2.24) is 4.31 Å². The minimum atomic E-state index is -3.49. The SMILES string of the molecule is O=C1O[C@@H](C(=O)Nc2ccc(S(=O)(=O)N3CCCC3)cc2)Cc2ccccc21. The van der Waals surface area contributed by atoms with Crippen LogP contribution in [0.3, 0.4) is 0 Å². The Morgan fingerprint density at radius 3 is 2.43 bits per heavy atom. The highest BCUT2D eigenvalue weighted by Gasteiger charge is 2.31. The Kier molecular flexibility index (Phi) is 4.91. The summed E-state index contributed by atoms with van der Waals surface area (Å²) in [7, 11) is -3.49. The van der Waals surface area contributed by atoms with Gasteiger partial charge in [-0.3, -0.25) is 4.79 Å². The molecule has 2 aliphatic heterocycles. The van der Waals surface area contributed by atoms with Gasteiger partial charge in [-0.2, -0.15) is 4.31 Å². The van der Waals surface area contributed by atoms with Crippen LogP contribution in [0.4, 0.5) is 5.69 Å². The summed E-state index contributed by atoms with van der Waals surface area (Å²) >= 11 is 0. The maximum Gasteiger partial charge on any atom is 0.339 e. The summed E-state index contributed by atoms with van der Waals surface area (Å²) in [4.78, 5) is 24.8. The lowest BCUT2D eigenvalue weighted by molar-refractivity contribution is -0.125. The van der Waals surface area contributed by atoms with E-state index < -0.39 is 28.0 Å². The van der Waals surface area contributed by atoms with Gasteiger partial charge in [0.2, 0.25) is 10.0 Å². The number of hydrogen-bond donors (Lipinski definition) is 1. The number of benzene rings is 2. The smallest absolute Gasteiger partial charge is 0.339 e. The molecule has 0 aromatic heterocycles. The van der Waals surface area contributed by atoms with Crippen LogP contribution < -0.4 is 5.32 Å². The fourth-order valence-electron chi connectivity index (χ4n) is 3.49. The van der Waals surface area contributed by atoms with Crippen LogP contribution in [0.15, 0.2) is 53.4 Å². The molecule has 4 rings (SSSR count). The summed E-state index contributed by atoms with van der Waals surface area (Å²) in [5.41, 5.74) is 1.69. The topological polar surface area (TPSA) is 92.8 Å². The van der Waals surface area contributed by atoms with Crippen molar-refractivity contribution >= 4 is 27.6 Å². The van der Waals surface area contributed by atoms with E-state index in [1.807, 2.05) is 6.07 Å². The summed E-state index contributed by atoms with van der Waals surface area (Å²) < 4.78 is 31.8. The van der Waals surface area contributed by atoms with E-state index in [1.165, 1.54) is 16.4 Å². The van der Waals surface area contributed by atoms with Crippen LogP contribution in [-0.2, 0) is 26.0 Å². The third kappa shape index (κ3) is 3.53. The molecule has 0 aliphatic carbocycles. The molecule has 1 saturated heterocycles. The average molecular weight is 400 g/mol. The normalized spacial score (nSPS) is 19.7. The number of ether oxygens (including phenoxy) is 1. The minimum Gasteiger partial charge on any atom is -0.448 e. The lowest BCUT2D eigenvalue weighted by Gasteiger charge is -2.23. The van der Waals surface area contributed by atoms with E-state index in [1.54, 1.807) is 30.3 Å². The molecule has 1 fully saturated rings. The van der Waals surface area contributed by atoms with Gasteiger partial charge in [-0.1, -0.05) is 18.2 Å². The zero-order chi connectivity index (χ0) is 19.7. The van der Waals surface area contributed by atoms with Crippen molar-refractivity contribution in [2.75, 3.05) is 18.4 Å². The zero-order valence-corrected chi connectivity index (χ0v) is 15.9. The van der Waals surface area contributed by atoms with Gasteiger partial charge in [0.25, 0.3) is 5.91 Å². The van der Waals surface area contributed by atoms with Gasteiger partial charge in [-0.15, -0.1) is 0 Å². The van der Waals surface area contributed by atoms with Crippen molar-refractivity contribution in [2.24, 2.45) is 0 Å². The Hall–Kier alpha value is -2.71. The highest BCUT2D eigenvalue weighted by Crippen LogP contribution is 2.24. The van der Waals surface area contributed by atoms with Crippen molar-refractivity contribution in [1.29, 1.82) is 0 Å². The van der Waals surface area contributed by atoms with Crippen LogP contribution in [0.2, 0.25) is 0 Å². The van der Waals surface area contributed by atoms with Crippen molar-refractivity contribution in [3.63, 3.8) is 0 Å². The highest BCUT2D eigenvalue weighted by molar-refractivity contribution is 7.89. The lowest BCUT2D eigenvalue weighted by Crippen LogP contribution is -2.37. The number of sulfonamides is 1. The summed E-state index contributed by atoms with van der Waals surface area (Å²) in [6.07, 6.45) is 1.12. The molecule has 146 valence electrons. The Morgan fingerprint density at radius 2 is 1.71 bits per heavy atom. The van der Waals surface area contributed by atoms with E-state index in [0.717, 1.165) is 18.4 Å². The summed E-state index contributed by atoms with van der Waals surface area (Å²) in [6.45, 7) is 1.07. The molecule has 0 unspecified atom stereocenters. The van der Waals surface area contributed by atoms with E-state index >= 15 is 0 Å². The molecule has 0 saturated carbocycles. The van der Waals surface area contributed by atoms with E-state index in [4.69, 9.17) is 4.74 Å². The summed E-state index contributed by atoms with van der Waals surface area (Å²) in [5.74, 6) is -0.966. The number of amides is 1. The highest BCUT2D eigenvalue weighted by atomic mass is 32.2. The van der Waals surface area contributed by atoms with E-state index in [0.29, 0.717) is 30.8 Å². The Balaban J connectivity index is 1.45. The van der Waals surface area contributed by atoms with Crippen LogP contribution in [-0.4, -0.2) is 43.8 Å². The van der Waals surface area contributed by atoms with Gasteiger partial charge in [-0.25, -0.2) is 13.2 Å². The molecule has 7 nitrogen and oxygen atoms in total. The largest absolute Gasteiger partial charge is 0.448 e. The van der Waals surface area contributed by atoms with Gasteiger partial charge in [0.05, 0.1) is 10.5 Å². The number of nitrogens with zero attached hydrogens (tertiary/aromatic N) is 1. The molecule has 1 atom stereocenters. The van der Waals surface area contributed by atoms with Crippen LogP contribution >= 0.6 is 0 Å². The number of cyclic esters (lactones) is 1. The van der Waals surface area contributed by atoms with E-state index in [-0.39, 0.29) is 4.90 Å². The Bertz CT molecular complexity index is 1010. The Labute approximate surface area is 163 Å². The molecule has 28 heavy (non-hydrogen) atoms. The molecular weight excluding hydrogens is 380 g/mol. The predicted octanol–water partition coefficient (Wildman–Crippen LogP) is 2.19. The molecule has 1 amide bonds. The first-order valence-electron chi connectivity index (χ1n) is 9.15. The molecule has 0 bridgehead atoms. The Morgan fingerprint density at radius 1 is 1.04 bits per heavy atom. The molecule has 2 heterocycles. The first-order valence-corrected chi connectivity index (χ1v) is 10.6. The molecule has 2 aromatic rings. The van der Waals surface area contributed by atoms with E-state index in [9.17, 15) is 18.0 Å². The number of anilines is 1. The van der Waals surface area contributed by atoms with Crippen LogP contribution in [0.25, 0.3) is 0 Å². The number of carbonyl (C=O) groups is 2. The fourth-order valence-corrected chi connectivity index (χ4v) is 5.01. The molecule has 1 N–H and O–H groups in total. The molecule has 0 radical (unpaired) electrons. The van der Waals surface area contributed by atoms with Crippen molar-refractivity contribution in [2.45, 2.75) is 30.3 Å².